The van der Waals surface area contributed by atoms with Crippen LogP contribution in [0.3, 0.4) is 0 Å². The lowest BCUT2D eigenvalue weighted by atomic mass is 10.0. The van der Waals surface area contributed by atoms with Gasteiger partial charge in [-0.15, -0.1) is 6.58 Å². The van der Waals surface area contributed by atoms with Gasteiger partial charge in [-0.25, -0.2) is 0 Å². The lowest BCUT2D eigenvalue weighted by Crippen LogP contribution is -2.12. The van der Waals surface area contributed by atoms with E-state index in [9.17, 15) is 4.79 Å². The predicted molar refractivity (Wildman–Crippen MR) is 154 cm³/mol. The van der Waals surface area contributed by atoms with Crippen molar-refractivity contribution >= 4 is 16.9 Å². The molecule has 0 aliphatic rings. The van der Waals surface area contributed by atoms with Gasteiger partial charge in [-0.3, -0.25) is 4.79 Å². The summed E-state index contributed by atoms with van der Waals surface area (Å²) < 4.78 is 11.1. The van der Waals surface area contributed by atoms with E-state index in [0.717, 1.165) is 60.0 Å². The number of unbranched alkanes of at least 4 members (excludes halogenated alkanes) is 5. The summed E-state index contributed by atoms with van der Waals surface area (Å²) >= 11 is 0. The Balaban J connectivity index is 1.37. The Hall–Kier alpha value is -3.53. The van der Waals surface area contributed by atoms with Crippen molar-refractivity contribution in [2.45, 2.75) is 71.1 Å². The van der Waals surface area contributed by atoms with Gasteiger partial charge < -0.3 is 14.5 Å². The molecule has 0 spiro atoms. The molecular formula is C33H41NO3. The van der Waals surface area contributed by atoms with Gasteiger partial charge in [-0.1, -0.05) is 61.8 Å². The lowest BCUT2D eigenvalue weighted by molar-refractivity contribution is -0.133. The van der Waals surface area contributed by atoms with Crippen molar-refractivity contribution in [1.29, 1.82) is 0 Å². The molecule has 0 amide bonds. The molecule has 0 bridgehead atoms. The van der Waals surface area contributed by atoms with Gasteiger partial charge in [0.2, 0.25) is 0 Å². The molecule has 37 heavy (non-hydrogen) atoms. The number of benzene rings is 2. The van der Waals surface area contributed by atoms with Crippen molar-refractivity contribution in [3.05, 3.63) is 96.2 Å². The van der Waals surface area contributed by atoms with Crippen LogP contribution >= 0.6 is 0 Å². The molecule has 0 aliphatic heterocycles. The first-order chi connectivity index (χ1) is 18.1. The molecule has 1 aromatic heterocycles. The zero-order chi connectivity index (χ0) is 26.3. The van der Waals surface area contributed by atoms with Gasteiger partial charge in [0.25, 0.3) is 0 Å². The summed E-state index contributed by atoms with van der Waals surface area (Å²) in [4.78, 5) is 16.1. The Morgan fingerprint density at radius 3 is 2.54 bits per heavy atom. The molecule has 0 saturated carbocycles. The number of ether oxygens (including phenoxy) is 2. The second-order valence-corrected chi connectivity index (χ2v) is 9.45. The van der Waals surface area contributed by atoms with Gasteiger partial charge in [0.15, 0.2) is 0 Å². The average molecular weight is 500 g/mol. The van der Waals surface area contributed by atoms with Gasteiger partial charge in [0.05, 0.1) is 13.5 Å². The van der Waals surface area contributed by atoms with Crippen molar-refractivity contribution in [2.24, 2.45) is 0 Å². The fraction of sp³-hybridized carbons (Fsp3) is 0.364. The highest BCUT2D eigenvalue weighted by Gasteiger charge is 2.15. The van der Waals surface area contributed by atoms with Crippen LogP contribution in [-0.2, 0) is 17.6 Å². The van der Waals surface area contributed by atoms with Gasteiger partial charge in [0, 0.05) is 16.6 Å². The summed E-state index contributed by atoms with van der Waals surface area (Å²) in [6.07, 6.45) is 21.3. The second-order valence-electron chi connectivity index (χ2n) is 9.45. The molecule has 0 saturated heterocycles. The van der Waals surface area contributed by atoms with Crippen LogP contribution < -0.4 is 9.47 Å². The minimum atomic E-state index is -0.259. The third kappa shape index (κ3) is 9.45. The van der Waals surface area contributed by atoms with Crippen molar-refractivity contribution in [3.63, 3.8) is 0 Å². The fourth-order valence-corrected chi connectivity index (χ4v) is 4.50. The van der Waals surface area contributed by atoms with Crippen molar-refractivity contribution in [3.8, 4) is 11.5 Å². The fourth-order valence-electron chi connectivity index (χ4n) is 4.50. The first-order valence-corrected chi connectivity index (χ1v) is 13.5. The molecule has 0 fully saturated rings. The molecular weight excluding hydrogens is 458 g/mol. The lowest BCUT2D eigenvalue weighted by Gasteiger charge is -2.08. The van der Waals surface area contributed by atoms with Crippen LogP contribution in [0.4, 0.5) is 0 Å². The third-order valence-corrected chi connectivity index (χ3v) is 6.52. The summed E-state index contributed by atoms with van der Waals surface area (Å²) in [6, 6.07) is 13.8. The van der Waals surface area contributed by atoms with Crippen LogP contribution in [0.25, 0.3) is 10.9 Å². The smallest absolute Gasteiger partial charge is 0.315 e. The normalized spacial score (nSPS) is 11.5. The number of allylic oxidation sites excluding steroid dienone is 5. The number of methoxy groups -OCH3 is 1. The molecule has 0 unspecified atom stereocenters. The molecule has 0 aliphatic carbocycles. The Morgan fingerprint density at radius 1 is 0.919 bits per heavy atom. The van der Waals surface area contributed by atoms with E-state index < -0.39 is 0 Å². The number of nitrogens with one attached hydrogen (secondary N) is 1. The van der Waals surface area contributed by atoms with Crippen LogP contribution in [0.5, 0.6) is 11.5 Å². The monoisotopic (exact) mass is 499 g/mol. The number of aryl methyl sites for hydroxylation is 2. The summed E-state index contributed by atoms with van der Waals surface area (Å²) in [5, 5.41) is 0.995. The number of rotatable bonds is 16. The number of hydrogen-bond acceptors (Lipinski definition) is 3. The van der Waals surface area contributed by atoms with E-state index in [2.05, 4.69) is 41.9 Å². The maximum Gasteiger partial charge on any atom is 0.315 e. The highest BCUT2D eigenvalue weighted by molar-refractivity contribution is 5.90. The Kier molecular flexibility index (Phi) is 11.8. The molecule has 0 atom stereocenters. The van der Waals surface area contributed by atoms with E-state index in [1.165, 1.54) is 31.2 Å². The Labute approximate surface area is 222 Å². The Morgan fingerprint density at radius 2 is 1.70 bits per heavy atom. The largest absolute Gasteiger partial charge is 0.497 e. The van der Waals surface area contributed by atoms with Crippen LogP contribution in [-0.4, -0.2) is 18.1 Å². The van der Waals surface area contributed by atoms with Crippen LogP contribution in [0, 0.1) is 6.92 Å². The highest BCUT2D eigenvalue weighted by atomic mass is 16.5. The number of hydrogen-bond donors (Lipinski definition) is 1. The zero-order valence-electron chi connectivity index (χ0n) is 22.4. The molecule has 1 N–H and O–H groups in total. The molecule has 0 radical (unpaired) electrons. The first kappa shape index (κ1) is 28.0. The second kappa shape index (κ2) is 15.6. The SMILES string of the molecule is C=CC/C=C\C/C=C\CCCCCCCc1cccc(OC(=O)Cc2c(C)[nH]c3ccc(OC)cc23)c1. The van der Waals surface area contributed by atoms with E-state index in [1.54, 1.807) is 7.11 Å². The molecule has 4 heteroatoms. The minimum absolute atomic E-state index is 0.213. The molecule has 3 aromatic rings. The van der Waals surface area contributed by atoms with E-state index in [0.29, 0.717) is 5.75 Å². The van der Waals surface area contributed by atoms with E-state index in [4.69, 9.17) is 9.47 Å². The number of esters is 1. The van der Waals surface area contributed by atoms with Gasteiger partial charge >= 0.3 is 5.97 Å². The maximum atomic E-state index is 12.7. The van der Waals surface area contributed by atoms with Crippen molar-refractivity contribution < 1.29 is 14.3 Å². The molecule has 2 aromatic carbocycles. The van der Waals surface area contributed by atoms with Gasteiger partial charge in [-0.05, 0) is 86.9 Å². The highest BCUT2D eigenvalue weighted by Crippen LogP contribution is 2.27. The molecule has 4 nitrogen and oxygen atoms in total. The average Bonchev–Trinajstić information content (AvgIpc) is 3.20. The zero-order valence-corrected chi connectivity index (χ0v) is 22.4. The molecule has 196 valence electrons. The van der Waals surface area contributed by atoms with Gasteiger partial charge in [0.1, 0.15) is 11.5 Å². The number of carbonyl (C=O) groups excluding carboxylic acids is 1. The molecule has 3 rings (SSSR count). The first-order valence-electron chi connectivity index (χ1n) is 13.5. The predicted octanol–water partition coefficient (Wildman–Crippen LogP) is 8.59. The quantitative estimate of drug-likeness (QED) is 0.0929. The van der Waals surface area contributed by atoms with Crippen molar-refractivity contribution in [1.82, 2.24) is 4.98 Å². The summed E-state index contributed by atoms with van der Waals surface area (Å²) in [5.74, 6) is 1.13. The van der Waals surface area contributed by atoms with Gasteiger partial charge in [-0.2, -0.15) is 0 Å². The van der Waals surface area contributed by atoms with Crippen molar-refractivity contribution in [2.75, 3.05) is 7.11 Å². The van der Waals surface area contributed by atoms with E-state index in [-0.39, 0.29) is 12.4 Å². The minimum Gasteiger partial charge on any atom is -0.497 e. The summed E-state index contributed by atoms with van der Waals surface area (Å²) in [5.41, 5.74) is 4.13. The van der Waals surface area contributed by atoms with E-state index >= 15 is 0 Å². The maximum absolute atomic E-state index is 12.7. The Bertz CT molecular complexity index is 1200. The third-order valence-electron chi connectivity index (χ3n) is 6.52. The van der Waals surface area contributed by atoms with Crippen LogP contribution in [0.15, 0.2) is 79.4 Å². The van der Waals surface area contributed by atoms with Crippen LogP contribution in [0.1, 0.15) is 68.2 Å². The topological polar surface area (TPSA) is 51.3 Å². The van der Waals surface area contributed by atoms with Crippen LogP contribution in [0.2, 0.25) is 0 Å². The summed E-state index contributed by atoms with van der Waals surface area (Å²) in [6.45, 7) is 5.70. The number of H-pyrrole nitrogens is 1. The molecule has 1 heterocycles. The summed E-state index contributed by atoms with van der Waals surface area (Å²) in [7, 11) is 1.65. The standard InChI is InChI=1S/C33H41NO3/c1-4-5-6-7-8-9-10-11-12-13-14-15-16-18-27-19-17-20-29(23-27)37-33(35)25-30-26(2)34-32-22-21-28(36-3)24-31(30)32/h4,6-7,9-10,17,19-24,34H,1,5,8,11-16,18,25H2,2-3H3/b7-6-,10-9-. The number of aromatic amines is 1. The number of aromatic nitrogens is 1. The number of fused-ring (bicyclic) bond motifs is 1. The van der Waals surface area contributed by atoms with E-state index in [1.807, 2.05) is 49.4 Å². The number of carbonyl (C=O) groups is 1.